The zero-order valence-electron chi connectivity index (χ0n) is 17.1. The van der Waals surface area contributed by atoms with E-state index in [0.717, 1.165) is 50.5 Å². The molecule has 2 saturated heterocycles. The van der Waals surface area contributed by atoms with Gasteiger partial charge in [0.2, 0.25) is 0 Å². The molecule has 27 heavy (non-hydrogen) atoms. The van der Waals surface area contributed by atoms with Gasteiger partial charge >= 0.3 is 6.03 Å². The van der Waals surface area contributed by atoms with Gasteiger partial charge in [0.25, 0.3) is 0 Å². The number of ether oxygens (including phenoxy) is 1. The Kier molecular flexibility index (Phi) is 6.60. The molecule has 1 aromatic carbocycles. The van der Waals surface area contributed by atoms with Crippen LogP contribution in [0, 0.1) is 0 Å². The van der Waals surface area contributed by atoms with Crippen LogP contribution in [0.1, 0.15) is 33.1 Å². The van der Waals surface area contributed by atoms with Gasteiger partial charge in [-0.25, -0.2) is 4.79 Å². The SMILES string of the molecule is COc1ccc(NC(=O)N2CCCCN3[C@H](C[C@H]3CN(C)C(C)C)C2)cc1. The number of carbonyl (C=O) groups is 1. The first-order valence-corrected chi connectivity index (χ1v) is 10.1. The van der Waals surface area contributed by atoms with Crippen molar-refractivity contribution in [2.24, 2.45) is 0 Å². The zero-order chi connectivity index (χ0) is 19.4. The molecule has 2 aliphatic heterocycles. The largest absolute Gasteiger partial charge is 0.497 e. The van der Waals surface area contributed by atoms with Crippen LogP contribution in [0.25, 0.3) is 0 Å². The molecular formula is C21H34N4O2. The van der Waals surface area contributed by atoms with E-state index in [1.807, 2.05) is 29.2 Å². The maximum Gasteiger partial charge on any atom is 0.321 e. The third kappa shape index (κ3) is 4.93. The van der Waals surface area contributed by atoms with Crippen molar-refractivity contribution in [1.29, 1.82) is 0 Å². The number of carbonyl (C=O) groups excluding carboxylic acids is 1. The number of benzene rings is 1. The van der Waals surface area contributed by atoms with E-state index >= 15 is 0 Å². The molecule has 6 heteroatoms. The highest BCUT2D eigenvalue weighted by Gasteiger charge is 2.40. The molecular weight excluding hydrogens is 340 g/mol. The van der Waals surface area contributed by atoms with Crippen molar-refractivity contribution >= 4 is 11.7 Å². The van der Waals surface area contributed by atoms with Crippen molar-refractivity contribution in [3.05, 3.63) is 24.3 Å². The molecule has 2 amide bonds. The molecule has 150 valence electrons. The van der Waals surface area contributed by atoms with Crippen molar-refractivity contribution in [2.45, 2.75) is 51.2 Å². The summed E-state index contributed by atoms with van der Waals surface area (Å²) in [5, 5.41) is 3.03. The maximum atomic E-state index is 12.8. The topological polar surface area (TPSA) is 48.1 Å². The lowest BCUT2D eigenvalue weighted by molar-refractivity contribution is -0.0251. The first-order valence-electron chi connectivity index (χ1n) is 10.1. The highest BCUT2D eigenvalue weighted by Crippen LogP contribution is 2.29. The highest BCUT2D eigenvalue weighted by molar-refractivity contribution is 5.89. The van der Waals surface area contributed by atoms with Crippen LogP contribution < -0.4 is 10.1 Å². The summed E-state index contributed by atoms with van der Waals surface area (Å²) in [6, 6.07) is 9.21. The van der Waals surface area contributed by atoms with Crippen LogP contribution in [0.5, 0.6) is 5.75 Å². The van der Waals surface area contributed by atoms with E-state index in [-0.39, 0.29) is 6.03 Å². The fraction of sp³-hybridized carbons (Fsp3) is 0.667. The Morgan fingerprint density at radius 2 is 1.96 bits per heavy atom. The molecule has 3 rings (SSSR count). The molecule has 0 aromatic heterocycles. The van der Waals surface area contributed by atoms with Gasteiger partial charge in [-0.3, -0.25) is 4.90 Å². The van der Waals surface area contributed by atoms with Crippen LogP contribution >= 0.6 is 0 Å². The lowest BCUT2D eigenvalue weighted by Gasteiger charge is -2.52. The van der Waals surface area contributed by atoms with E-state index in [1.54, 1.807) is 7.11 Å². The van der Waals surface area contributed by atoms with E-state index in [1.165, 1.54) is 6.42 Å². The van der Waals surface area contributed by atoms with Gasteiger partial charge in [0, 0.05) is 43.4 Å². The summed E-state index contributed by atoms with van der Waals surface area (Å²) in [5.41, 5.74) is 0.810. The second kappa shape index (κ2) is 8.93. The molecule has 0 unspecified atom stereocenters. The third-order valence-electron chi connectivity index (χ3n) is 6.02. The lowest BCUT2D eigenvalue weighted by atomic mass is 9.90. The smallest absolute Gasteiger partial charge is 0.321 e. The average molecular weight is 375 g/mol. The van der Waals surface area contributed by atoms with Crippen molar-refractivity contribution in [1.82, 2.24) is 14.7 Å². The predicted molar refractivity (Wildman–Crippen MR) is 109 cm³/mol. The second-order valence-corrected chi connectivity index (χ2v) is 8.13. The summed E-state index contributed by atoms with van der Waals surface area (Å²) in [7, 11) is 3.85. The lowest BCUT2D eigenvalue weighted by Crippen LogP contribution is -2.64. The van der Waals surface area contributed by atoms with Crippen molar-refractivity contribution in [3.63, 3.8) is 0 Å². The number of urea groups is 1. The number of rotatable bonds is 5. The summed E-state index contributed by atoms with van der Waals surface area (Å²) in [5.74, 6) is 0.793. The van der Waals surface area contributed by atoms with Crippen LogP contribution in [-0.4, -0.2) is 79.2 Å². The summed E-state index contributed by atoms with van der Waals surface area (Å²) in [6.45, 7) is 8.43. The van der Waals surface area contributed by atoms with Gasteiger partial charge in [-0.05, 0) is 71.0 Å². The molecule has 1 N–H and O–H groups in total. The molecule has 0 saturated carbocycles. The van der Waals surface area contributed by atoms with Gasteiger partial charge in [0.05, 0.1) is 7.11 Å². The molecule has 2 heterocycles. The minimum atomic E-state index is 0.00441. The summed E-state index contributed by atoms with van der Waals surface area (Å²) in [4.78, 5) is 19.8. The summed E-state index contributed by atoms with van der Waals surface area (Å²) in [6.07, 6.45) is 3.40. The number of hydrogen-bond acceptors (Lipinski definition) is 4. The number of nitrogens with one attached hydrogen (secondary N) is 1. The molecule has 0 radical (unpaired) electrons. The van der Waals surface area contributed by atoms with Crippen LogP contribution in [0.4, 0.5) is 10.5 Å². The molecule has 0 spiro atoms. The Labute approximate surface area is 163 Å². The minimum absolute atomic E-state index is 0.00441. The first-order chi connectivity index (χ1) is 13.0. The molecule has 0 bridgehead atoms. The van der Waals surface area contributed by atoms with E-state index < -0.39 is 0 Å². The molecule has 1 aromatic rings. The van der Waals surface area contributed by atoms with Gasteiger partial charge < -0.3 is 19.9 Å². The van der Waals surface area contributed by atoms with E-state index in [9.17, 15) is 4.79 Å². The number of nitrogens with zero attached hydrogens (tertiary/aromatic N) is 3. The number of fused-ring (bicyclic) bond motifs is 1. The van der Waals surface area contributed by atoms with Crippen LogP contribution in [0.3, 0.4) is 0 Å². The van der Waals surface area contributed by atoms with E-state index in [0.29, 0.717) is 18.1 Å². The number of likely N-dealkylation sites (N-methyl/N-ethyl adjacent to an activating group) is 1. The predicted octanol–water partition coefficient (Wildman–Crippen LogP) is 3.11. The average Bonchev–Trinajstić information content (AvgIpc) is 2.63. The second-order valence-electron chi connectivity index (χ2n) is 8.13. The van der Waals surface area contributed by atoms with E-state index in [4.69, 9.17) is 4.74 Å². The van der Waals surface area contributed by atoms with Gasteiger partial charge in [-0.15, -0.1) is 0 Å². The standard InChI is InChI=1S/C21H34N4O2/c1-16(2)23(3)14-18-13-19-15-24(11-5-6-12-25(18)19)21(26)22-17-7-9-20(27-4)10-8-17/h7-10,16,18-19H,5-6,11-15H2,1-4H3,(H,22,26)/t18-,19+/m0/s1. The Balaban J connectivity index is 1.55. The maximum absolute atomic E-state index is 12.8. The fourth-order valence-corrected chi connectivity index (χ4v) is 4.02. The van der Waals surface area contributed by atoms with Gasteiger partial charge in [0.15, 0.2) is 0 Å². The van der Waals surface area contributed by atoms with Crippen LogP contribution in [0.15, 0.2) is 24.3 Å². The monoisotopic (exact) mass is 374 g/mol. The Hall–Kier alpha value is -1.79. The van der Waals surface area contributed by atoms with Crippen molar-refractivity contribution < 1.29 is 9.53 Å². The van der Waals surface area contributed by atoms with Gasteiger partial charge in [0.1, 0.15) is 5.75 Å². The Morgan fingerprint density at radius 1 is 1.26 bits per heavy atom. The molecule has 2 atom stereocenters. The fourth-order valence-electron chi connectivity index (χ4n) is 4.02. The summed E-state index contributed by atoms with van der Waals surface area (Å²) < 4.78 is 5.17. The number of methoxy groups -OCH3 is 1. The van der Waals surface area contributed by atoms with Crippen molar-refractivity contribution in [2.75, 3.05) is 45.7 Å². The van der Waals surface area contributed by atoms with Crippen molar-refractivity contribution in [3.8, 4) is 5.75 Å². The Morgan fingerprint density at radius 3 is 2.63 bits per heavy atom. The molecule has 2 fully saturated rings. The molecule has 2 aliphatic rings. The summed E-state index contributed by atoms with van der Waals surface area (Å²) >= 11 is 0. The third-order valence-corrected chi connectivity index (χ3v) is 6.02. The molecule has 0 aliphatic carbocycles. The van der Waals surface area contributed by atoms with Gasteiger partial charge in [-0.1, -0.05) is 0 Å². The number of hydrogen-bond donors (Lipinski definition) is 1. The molecule has 6 nitrogen and oxygen atoms in total. The first kappa shape index (κ1) is 20.0. The number of anilines is 1. The normalized spacial score (nSPS) is 23.4. The minimum Gasteiger partial charge on any atom is -0.497 e. The van der Waals surface area contributed by atoms with E-state index in [2.05, 4.69) is 36.0 Å². The van der Waals surface area contributed by atoms with Crippen LogP contribution in [0.2, 0.25) is 0 Å². The van der Waals surface area contributed by atoms with Crippen LogP contribution in [-0.2, 0) is 0 Å². The Bertz CT molecular complexity index is 619. The zero-order valence-corrected chi connectivity index (χ0v) is 17.1. The highest BCUT2D eigenvalue weighted by atomic mass is 16.5. The number of amides is 2. The quantitative estimate of drug-likeness (QED) is 0.860. The van der Waals surface area contributed by atoms with Gasteiger partial charge in [-0.2, -0.15) is 0 Å².